The largest absolute Gasteiger partial charge is 0.484 e. The van der Waals surface area contributed by atoms with E-state index in [2.05, 4.69) is 10.6 Å². The lowest BCUT2D eigenvalue weighted by Gasteiger charge is -2.10. The van der Waals surface area contributed by atoms with Crippen LogP contribution in [0.15, 0.2) is 78.9 Å². The van der Waals surface area contributed by atoms with Crippen molar-refractivity contribution in [2.24, 2.45) is 0 Å². The van der Waals surface area contributed by atoms with Gasteiger partial charge in [-0.2, -0.15) is 0 Å². The Morgan fingerprint density at radius 2 is 1.48 bits per heavy atom. The summed E-state index contributed by atoms with van der Waals surface area (Å²) in [6, 6.07) is 23.6. The summed E-state index contributed by atoms with van der Waals surface area (Å²) in [6.45, 7) is -0.0964. The molecule has 0 fully saturated rings. The number of nitrogens with one attached hydrogen (secondary N) is 2. The quantitative estimate of drug-likeness (QED) is 0.510. The zero-order valence-corrected chi connectivity index (χ0v) is 15.9. The molecule has 0 unspecified atom stereocenters. The third-order valence-corrected chi connectivity index (χ3v) is 4.13. The fourth-order valence-corrected chi connectivity index (χ4v) is 2.77. The molecule has 4 N–H and O–H groups in total. The third-order valence-electron chi connectivity index (χ3n) is 4.13. The molecule has 0 spiro atoms. The van der Waals surface area contributed by atoms with E-state index < -0.39 is 0 Å². The summed E-state index contributed by atoms with van der Waals surface area (Å²) in [5, 5.41) is 5.61. The number of hydrogen-bond acceptors (Lipinski definition) is 4. The molecule has 0 heterocycles. The molecule has 6 heteroatoms. The Labute approximate surface area is 169 Å². The van der Waals surface area contributed by atoms with E-state index >= 15 is 0 Å². The first-order valence-corrected chi connectivity index (χ1v) is 9.30. The standard InChI is InChI=1S/C23H23N3O3/c24-18-7-4-6-17(14-18)12-13-22(27)25-19-8-5-9-20(15-19)26-23(28)16-29-21-10-2-1-3-11-21/h1-11,14-15H,12-13,16,24H2,(H,25,27)(H,26,28). The molecule has 0 aromatic heterocycles. The van der Waals surface area contributed by atoms with E-state index in [0.29, 0.717) is 35.7 Å². The lowest BCUT2D eigenvalue weighted by molar-refractivity contribution is -0.118. The first-order valence-electron chi connectivity index (χ1n) is 9.30. The van der Waals surface area contributed by atoms with Crippen LogP contribution in [-0.4, -0.2) is 18.4 Å². The number of anilines is 3. The first kappa shape index (κ1) is 19.9. The molecule has 6 nitrogen and oxygen atoms in total. The number of nitrogen functional groups attached to an aromatic ring is 1. The van der Waals surface area contributed by atoms with E-state index in [1.54, 1.807) is 36.4 Å². The van der Waals surface area contributed by atoms with E-state index in [9.17, 15) is 9.59 Å². The number of carbonyl (C=O) groups excluding carboxylic acids is 2. The second-order valence-corrected chi connectivity index (χ2v) is 6.52. The fourth-order valence-electron chi connectivity index (χ4n) is 2.77. The van der Waals surface area contributed by atoms with E-state index in [0.717, 1.165) is 5.56 Å². The first-order chi connectivity index (χ1) is 14.1. The number of carbonyl (C=O) groups is 2. The van der Waals surface area contributed by atoms with Gasteiger partial charge >= 0.3 is 0 Å². The van der Waals surface area contributed by atoms with Crippen molar-refractivity contribution >= 4 is 28.9 Å². The number of hydrogen-bond donors (Lipinski definition) is 3. The molecule has 3 aromatic rings. The van der Waals surface area contributed by atoms with Gasteiger partial charge in [0, 0.05) is 23.5 Å². The molecule has 148 valence electrons. The number of para-hydroxylation sites is 1. The van der Waals surface area contributed by atoms with E-state index in [1.165, 1.54) is 0 Å². The molecule has 2 amide bonds. The van der Waals surface area contributed by atoms with Crippen LogP contribution >= 0.6 is 0 Å². The number of ether oxygens (including phenoxy) is 1. The van der Waals surface area contributed by atoms with Crippen LogP contribution in [0.3, 0.4) is 0 Å². The minimum absolute atomic E-state index is 0.0964. The predicted molar refractivity (Wildman–Crippen MR) is 115 cm³/mol. The van der Waals surface area contributed by atoms with Gasteiger partial charge in [0.1, 0.15) is 5.75 Å². The van der Waals surface area contributed by atoms with Gasteiger partial charge in [0.15, 0.2) is 6.61 Å². The molecular weight excluding hydrogens is 366 g/mol. The summed E-state index contributed by atoms with van der Waals surface area (Å²) >= 11 is 0. The maximum atomic E-state index is 12.2. The van der Waals surface area contributed by atoms with Gasteiger partial charge in [-0.15, -0.1) is 0 Å². The Balaban J connectivity index is 1.48. The third kappa shape index (κ3) is 6.70. The van der Waals surface area contributed by atoms with Crippen LogP contribution in [0.4, 0.5) is 17.1 Å². The predicted octanol–water partition coefficient (Wildman–Crippen LogP) is 3.86. The maximum absolute atomic E-state index is 12.2. The van der Waals surface area contributed by atoms with Crippen LogP contribution in [0, 0.1) is 0 Å². The zero-order chi connectivity index (χ0) is 20.5. The Kier molecular flexibility index (Phi) is 6.84. The topological polar surface area (TPSA) is 93.5 Å². The number of benzene rings is 3. The van der Waals surface area contributed by atoms with Crippen molar-refractivity contribution in [2.75, 3.05) is 23.0 Å². The SMILES string of the molecule is Nc1cccc(CCC(=O)Nc2cccc(NC(=O)COc3ccccc3)c2)c1. The highest BCUT2D eigenvalue weighted by Gasteiger charge is 2.07. The molecule has 0 aliphatic carbocycles. The second kappa shape index (κ2) is 9.94. The molecule has 3 aromatic carbocycles. The van der Waals surface area contributed by atoms with Crippen molar-refractivity contribution in [1.29, 1.82) is 0 Å². The van der Waals surface area contributed by atoms with Crippen LogP contribution in [0.25, 0.3) is 0 Å². The van der Waals surface area contributed by atoms with Crippen molar-refractivity contribution in [1.82, 2.24) is 0 Å². The molecule has 29 heavy (non-hydrogen) atoms. The van der Waals surface area contributed by atoms with E-state index in [4.69, 9.17) is 10.5 Å². The van der Waals surface area contributed by atoms with Crippen LogP contribution in [-0.2, 0) is 16.0 Å². The summed E-state index contributed by atoms with van der Waals surface area (Å²) in [5.41, 5.74) is 8.65. The van der Waals surface area contributed by atoms with Gasteiger partial charge in [0.25, 0.3) is 5.91 Å². The zero-order valence-electron chi connectivity index (χ0n) is 15.9. The van der Waals surface area contributed by atoms with Crippen LogP contribution in [0.2, 0.25) is 0 Å². The fraction of sp³-hybridized carbons (Fsp3) is 0.130. The number of amides is 2. The molecule has 0 saturated carbocycles. The maximum Gasteiger partial charge on any atom is 0.262 e. The minimum atomic E-state index is -0.279. The van der Waals surface area contributed by atoms with E-state index in [-0.39, 0.29) is 18.4 Å². The number of rotatable bonds is 8. The average molecular weight is 389 g/mol. The second-order valence-electron chi connectivity index (χ2n) is 6.52. The summed E-state index contributed by atoms with van der Waals surface area (Å²) in [6.07, 6.45) is 0.940. The van der Waals surface area contributed by atoms with Crippen LogP contribution in [0.1, 0.15) is 12.0 Å². The van der Waals surface area contributed by atoms with Gasteiger partial charge in [-0.05, 0) is 54.4 Å². The Morgan fingerprint density at radius 1 is 0.793 bits per heavy atom. The normalized spacial score (nSPS) is 10.2. The van der Waals surface area contributed by atoms with Crippen LogP contribution < -0.4 is 21.1 Å². The van der Waals surface area contributed by atoms with Gasteiger partial charge in [0.2, 0.25) is 5.91 Å². The Hall–Kier alpha value is -3.80. The van der Waals surface area contributed by atoms with Gasteiger partial charge in [-0.25, -0.2) is 0 Å². The Morgan fingerprint density at radius 3 is 2.21 bits per heavy atom. The monoisotopic (exact) mass is 389 g/mol. The van der Waals surface area contributed by atoms with Gasteiger partial charge in [0.05, 0.1) is 0 Å². The highest BCUT2D eigenvalue weighted by Crippen LogP contribution is 2.16. The lowest BCUT2D eigenvalue weighted by atomic mass is 10.1. The summed E-state index contributed by atoms with van der Waals surface area (Å²) < 4.78 is 5.43. The molecule has 0 radical (unpaired) electrons. The van der Waals surface area contributed by atoms with Crippen molar-refractivity contribution in [2.45, 2.75) is 12.8 Å². The molecule has 3 rings (SSSR count). The molecule has 0 atom stereocenters. The summed E-state index contributed by atoms with van der Waals surface area (Å²) in [4.78, 5) is 24.3. The van der Waals surface area contributed by atoms with Gasteiger partial charge < -0.3 is 21.1 Å². The molecule has 0 aliphatic rings. The highest BCUT2D eigenvalue weighted by atomic mass is 16.5. The van der Waals surface area contributed by atoms with Crippen molar-refractivity contribution < 1.29 is 14.3 Å². The molecule has 0 bridgehead atoms. The number of aryl methyl sites for hydroxylation is 1. The minimum Gasteiger partial charge on any atom is -0.484 e. The van der Waals surface area contributed by atoms with E-state index in [1.807, 2.05) is 42.5 Å². The van der Waals surface area contributed by atoms with Crippen molar-refractivity contribution in [3.8, 4) is 5.75 Å². The molecular formula is C23H23N3O3. The summed E-state index contributed by atoms with van der Waals surface area (Å²) in [7, 11) is 0. The average Bonchev–Trinajstić information content (AvgIpc) is 2.72. The van der Waals surface area contributed by atoms with Gasteiger partial charge in [-0.1, -0.05) is 36.4 Å². The molecule has 0 aliphatic heterocycles. The van der Waals surface area contributed by atoms with Crippen molar-refractivity contribution in [3.05, 3.63) is 84.4 Å². The van der Waals surface area contributed by atoms with Crippen molar-refractivity contribution in [3.63, 3.8) is 0 Å². The van der Waals surface area contributed by atoms with Crippen LogP contribution in [0.5, 0.6) is 5.75 Å². The Bertz CT molecular complexity index is 974. The summed E-state index contributed by atoms with van der Waals surface area (Å²) in [5.74, 6) is 0.242. The molecule has 0 saturated heterocycles. The smallest absolute Gasteiger partial charge is 0.262 e. The highest BCUT2D eigenvalue weighted by molar-refractivity contribution is 5.94. The number of nitrogens with two attached hydrogens (primary N) is 1. The lowest BCUT2D eigenvalue weighted by Crippen LogP contribution is -2.20. The van der Waals surface area contributed by atoms with Gasteiger partial charge in [-0.3, -0.25) is 9.59 Å².